The van der Waals surface area contributed by atoms with Crippen molar-refractivity contribution in [3.05, 3.63) is 59.7 Å². The van der Waals surface area contributed by atoms with E-state index in [1.807, 2.05) is 24.8 Å². The summed E-state index contributed by atoms with van der Waals surface area (Å²) < 4.78 is 4.99. The molecule has 3 heteroatoms. The molecule has 1 aromatic rings. The molecular weight excluding hydrogens is 292 g/mol. The van der Waals surface area contributed by atoms with Gasteiger partial charge in [0.15, 0.2) is 0 Å². The quantitative estimate of drug-likeness (QED) is 0.443. The average Bonchev–Trinajstić information content (AvgIpc) is 2.43. The zero-order chi connectivity index (χ0) is 16.2. The van der Waals surface area contributed by atoms with E-state index in [-0.39, 0.29) is 10.7 Å². The Morgan fingerprint density at radius 1 is 1.32 bits per heavy atom. The first-order chi connectivity index (χ1) is 10.4. The molecule has 0 aliphatic carbocycles. The standard InChI is InChI=1S/C19H22O2S/c1-5-21-18(20)12-14(2)10-11-15-13-19(3,4)22-17-9-7-6-8-16(15)17/h6-13H,5H2,1-4H3. The molecule has 2 rings (SSSR count). The molecule has 0 aromatic heterocycles. The first-order valence-electron chi connectivity index (χ1n) is 7.46. The van der Waals surface area contributed by atoms with Gasteiger partial charge in [-0.15, -0.1) is 11.8 Å². The van der Waals surface area contributed by atoms with E-state index >= 15 is 0 Å². The first-order valence-corrected chi connectivity index (χ1v) is 8.27. The van der Waals surface area contributed by atoms with Crippen molar-refractivity contribution in [1.29, 1.82) is 0 Å². The van der Waals surface area contributed by atoms with Gasteiger partial charge < -0.3 is 4.74 Å². The van der Waals surface area contributed by atoms with Crippen LogP contribution in [0.5, 0.6) is 0 Å². The van der Waals surface area contributed by atoms with Crippen LogP contribution in [0.3, 0.4) is 0 Å². The van der Waals surface area contributed by atoms with Crippen LogP contribution in [0.15, 0.2) is 59.0 Å². The minimum atomic E-state index is -0.293. The van der Waals surface area contributed by atoms with Crippen molar-refractivity contribution < 1.29 is 9.53 Å². The van der Waals surface area contributed by atoms with Gasteiger partial charge in [0.2, 0.25) is 0 Å². The number of hydrogen-bond acceptors (Lipinski definition) is 3. The van der Waals surface area contributed by atoms with Gasteiger partial charge in [-0.25, -0.2) is 4.79 Å². The Bertz CT molecular complexity index is 651. The van der Waals surface area contributed by atoms with Gasteiger partial charge in [-0.3, -0.25) is 0 Å². The summed E-state index contributed by atoms with van der Waals surface area (Å²) in [5.74, 6) is -0.293. The normalized spacial score (nSPS) is 17.1. The zero-order valence-corrected chi connectivity index (χ0v) is 14.4. The maximum Gasteiger partial charge on any atom is 0.330 e. The molecule has 22 heavy (non-hydrogen) atoms. The molecule has 0 spiro atoms. The van der Waals surface area contributed by atoms with Crippen LogP contribution in [0.1, 0.15) is 33.3 Å². The highest BCUT2D eigenvalue weighted by Gasteiger charge is 2.24. The fraction of sp³-hybridized carbons (Fsp3) is 0.316. The number of ether oxygens (including phenoxy) is 1. The highest BCUT2D eigenvalue weighted by Crippen LogP contribution is 2.44. The molecule has 0 fully saturated rings. The number of allylic oxidation sites excluding steroid dienone is 4. The molecule has 1 aliphatic heterocycles. The van der Waals surface area contributed by atoms with Crippen molar-refractivity contribution in [3.63, 3.8) is 0 Å². The SMILES string of the molecule is CCOC(=O)C=C(C)C=CC1=CC(C)(C)Sc2ccccc21. The van der Waals surface area contributed by atoms with Crippen molar-refractivity contribution in [1.82, 2.24) is 0 Å². The molecule has 0 bridgehead atoms. The third kappa shape index (κ3) is 4.38. The van der Waals surface area contributed by atoms with E-state index in [0.29, 0.717) is 6.61 Å². The predicted molar refractivity (Wildman–Crippen MR) is 93.9 cm³/mol. The number of carbonyl (C=O) groups excluding carboxylic acids is 1. The summed E-state index contributed by atoms with van der Waals surface area (Å²) in [6.45, 7) is 8.53. The topological polar surface area (TPSA) is 26.3 Å². The summed E-state index contributed by atoms with van der Waals surface area (Å²) >= 11 is 1.87. The Kier molecular flexibility index (Phi) is 5.30. The number of benzene rings is 1. The molecule has 0 atom stereocenters. The number of carbonyl (C=O) groups is 1. The fourth-order valence-electron chi connectivity index (χ4n) is 2.34. The Morgan fingerprint density at radius 2 is 2.05 bits per heavy atom. The Balaban J connectivity index is 2.25. The second kappa shape index (κ2) is 7.01. The van der Waals surface area contributed by atoms with Crippen molar-refractivity contribution in [2.45, 2.75) is 37.3 Å². The first kappa shape index (κ1) is 16.6. The van der Waals surface area contributed by atoms with Gasteiger partial charge in [0, 0.05) is 15.7 Å². The van der Waals surface area contributed by atoms with Crippen LogP contribution in [0, 0.1) is 0 Å². The lowest BCUT2D eigenvalue weighted by Crippen LogP contribution is -2.15. The van der Waals surface area contributed by atoms with Gasteiger partial charge in [0.25, 0.3) is 0 Å². The lowest BCUT2D eigenvalue weighted by atomic mass is 9.99. The molecule has 2 nitrogen and oxygen atoms in total. The monoisotopic (exact) mass is 314 g/mol. The Labute approximate surface area is 136 Å². The summed E-state index contributed by atoms with van der Waals surface area (Å²) in [5.41, 5.74) is 3.32. The predicted octanol–water partition coefficient (Wildman–Crippen LogP) is 5.02. The molecule has 0 unspecified atom stereocenters. The molecule has 1 aromatic carbocycles. The molecule has 0 radical (unpaired) electrons. The molecule has 0 N–H and O–H groups in total. The van der Waals surface area contributed by atoms with E-state index in [1.165, 1.54) is 22.1 Å². The van der Waals surface area contributed by atoms with Crippen molar-refractivity contribution in [2.24, 2.45) is 0 Å². The molecule has 1 aliphatic rings. The summed E-state index contributed by atoms with van der Waals surface area (Å²) in [5, 5.41) is 0. The van der Waals surface area contributed by atoms with E-state index in [9.17, 15) is 4.79 Å². The summed E-state index contributed by atoms with van der Waals surface area (Å²) in [6, 6.07) is 8.42. The van der Waals surface area contributed by atoms with Crippen molar-refractivity contribution in [2.75, 3.05) is 6.61 Å². The van der Waals surface area contributed by atoms with Crippen LogP contribution in [0.4, 0.5) is 0 Å². The van der Waals surface area contributed by atoms with Gasteiger partial charge in [-0.05, 0) is 50.5 Å². The molecule has 1 heterocycles. The Morgan fingerprint density at radius 3 is 2.77 bits per heavy atom. The van der Waals surface area contributed by atoms with Gasteiger partial charge in [-0.1, -0.05) is 36.4 Å². The van der Waals surface area contributed by atoms with Crippen LogP contribution >= 0.6 is 11.8 Å². The number of rotatable bonds is 4. The number of thioether (sulfide) groups is 1. The van der Waals surface area contributed by atoms with E-state index < -0.39 is 0 Å². The Hall–Kier alpha value is -1.74. The molecular formula is C19H22O2S. The van der Waals surface area contributed by atoms with E-state index in [1.54, 1.807) is 6.92 Å². The summed E-state index contributed by atoms with van der Waals surface area (Å²) in [6.07, 6.45) is 7.83. The second-order valence-corrected chi connectivity index (χ2v) is 7.47. The number of hydrogen-bond donors (Lipinski definition) is 0. The summed E-state index contributed by atoms with van der Waals surface area (Å²) in [7, 11) is 0. The van der Waals surface area contributed by atoms with Crippen molar-refractivity contribution >= 4 is 23.3 Å². The fourth-order valence-corrected chi connectivity index (χ4v) is 3.53. The molecule has 0 amide bonds. The minimum Gasteiger partial charge on any atom is -0.463 e. The maximum absolute atomic E-state index is 11.5. The van der Waals surface area contributed by atoms with Crippen LogP contribution in [-0.4, -0.2) is 17.3 Å². The number of fused-ring (bicyclic) bond motifs is 1. The van der Waals surface area contributed by atoms with E-state index in [0.717, 1.165) is 5.57 Å². The van der Waals surface area contributed by atoms with Crippen LogP contribution in [0.2, 0.25) is 0 Å². The third-order valence-electron chi connectivity index (χ3n) is 3.23. The molecule has 0 saturated carbocycles. The van der Waals surface area contributed by atoms with E-state index in [2.05, 4.69) is 50.3 Å². The average molecular weight is 314 g/mol. The maximum atomic E-state index is 11.5. The lowest BCUT2D eigenvalue weighted by molar-refractivity contribution is -0.137. The van der Waals surface area contributed by atoms with Crippen LogP contribution < -0.4 is 0 Å². The van der Waals surface area contributed by atoms with Gasteiger partial charge in [0.1, 0.15) is 0 Å². The highest BCUT2D eigenvalue weighted by atomic mass is 32.2. The smallest absolute Gasteiger partial charge is 0.330 e. The summed E-state index contributed by atoms with van der Waals surface area (Å²) in [4.78, 5) is 12.7. The van der Waals surface area contributed by atoms with Gasteiger partial charge in [-0.2, -0.15) is 0 Å². The third-order valence-corrected chi connectivity index (χ3v) is 4.45. The zero-order valence-electron chi connectivity index (χ0n) is 13.6. The van der Waals surface area contributed by atoms with Gasteiger partial charge in [0.05, 0.1) is 6.61 Å². The molecule has 116 valence electrons. The number of esters is 1. The highest BCUT2D eigenvalue weighted by molar-refractivity contribution is 8.01. The largest absolute Gasteiger partial charge is 0.463 e. The van der Waals surface area contributed by atoms with Crippen molar-refractivity contribution in [3.8, 4) is 0 Å². The van der Waals surface area contributed by atoms with Gasteiger partial charge >= 0.3 is 5.97 Å². The second-order valence-electron chi connectivity index (χ2n) is 5.78. The van der Waals surface area contributed by atoms with Crippen LogP contribution in [0.25, 0.3) is 5.57 Å². The van der Waals surface area contributed by atoms with E-state index in [4.69, 9.17) is 4.74 Å². The molecule has 0 saturated heterocycles. The lowest BCUT2D eigenvalue weighted by Gasteiger charge is -2.28. The minimum absolute atomic E-state index is 0.0623. The van der Waals surface area contributed by atoms with Crippen LogP contribution in [-0.2, 0) is 9.53 Å².